The lowest BCUT2D eigenvalue weighted by Crippen LogP contribution is -2.36. The molecule has 1 aliphatic heterocycles. The summed E-state index contributed by atoms with van der Waals surface area (Å²) in [5.74, 6) is -2.25. The van der Waals surface area contributed by atoms with Gasteiger partial charge in [0.1, 0.15) is 10.7 Å². The Morgan fingerprint density at radius 3 is 3.00 bits per heavy atom. The maximum Gasteiger partial charge on any atom is 0.278 e. The van der Waals surface area contributed by atoms with Crippen molar-refractivity contribution in [3.8, 4) is 0 Å². The van der Waals surface area contributed by atoms with E-state index in [1.54, 1.807) is 0 Å². The van der Waals surface area contributed by atoms with Crippen molar-refractivity contribution < 1.29 is 23.8 Å². The number of nitrogens with one attached hydrogen (secondary N) is 1. The summed E-state index contributed by atoms with van der Waals surface area (Å²) in [5, 5.41) is 12.5. The Morgan fingerprint density at radius 2 is 2.26 bits per heavy atom. The van der Waals surface area contributed by atoms with Gasteiger partial charge in [0.2, 0.25) is 0 Å². The van der Waals surface area contributed by atoms with Gasteiger partial charge in [-0.15, -0.1) is 11.3 Å². The van der Waals surface area contributed by atoms with Gasteiger partial charge in [-0.2, -0.15) is 0 Å². The second kappa shape index (κ2) is 5.52. The average molecular weight is 378 g/mol. The number of rotatable bonds is 2. The molecule has 0 saturated heterocycles. The first-order valence-corrected chi connectivity index (χ1v) is 8.57. The van der Waals surface area contributed by atoms with Crippen molar-refractivity contribution in [1.29, 1.82) is 0 Å². The van der Waals surface area contributed by atoms with E-state index in [-0.39, 0.29) is 14.1 Å². The number of anilines is 1. The third-order valence-corrected chi connectivity index (χ3v) is 6.16. The molecule has 0 fully saturated rings. The number of aromatic nitrogens is 1. The number of carbonyl (C=O) groups excluding carboxylic acids is 1. The first-order chi connectivity index (χ1) is 12.5. The van der Waals surface area contributed by atoms with Crippen LogP contribution >= 0.6 is 22.9 Å². The van der Waals surface area contributed by atoms with Gasteiger partial charge >= 0.3 is 0 Å². The van der Waals surface area contributed by atoms with Crippen molar-refractivity contribution in [2.45, 2.75) is 4.90 Å². The fraction of sp³-hybridized carbons (Fsp3) is 0.0769. The van der Waals surface area contributed by atoms with Crippen molar-refractivity contribution in [2.75, 3.05) is 12.4 Å². The molecular formula is C13H10ClN3O4S2. The van der Waals surface area contributed by atoms with Crippen molar-refractivity contribution in [3.63, 3.8) is 0 Å². The van der Waals surface area contributed by atoms with E-state index in [9.17, 15) is 18.3 Å². The summed E-state index contributed by atoms with van der Waals surface area (Å²) in [6.07, 6.45) is -0.638. The van der Waals surface area contributed by atoms with Crippen LogP contribution in [0.25, 0.3) is 5.76 Å². The minimum absolute atomic E-state index is 0.101. The summed E-state index contributed by atoms with van der Waals surface area (Å²) in [6.45, 7) is 0. The summed E-state index contributed by atoms with van der Waals surface area (Å²) < 4.78 is 56.1. The van der Waals surface area contributed by atoms with E-state index in [1.807, 2.05) is 0 Å². The molecule has 1 aliphatic rings. The van der Waals surface area contributed by atoms with Gasteiger partial charge < -0.3 is 10.4 Å². The third-order valence-electron chi connectivity index (χ3n) is 2.97. The Bertz CT molecular complexity index is 1130. The molecule has 2 aromatic heterocycles. The first-order valence-electron chi connectivity index (χ1n) is 7.94. The van der Waals surface area contributed by atoms with Gasteiger partial charge in [0, 0.05) is 13.2 Å². The SMILES string of the molecule is [2H]c1nc(N[13C](=O)[13C]2=C(O)c3sc(Cl)cc3S(=O)(=O)N2C)c([2H])c([2H])c1[2H]. The molecular weight excluding hydrogens is 364 g/mol. The molecule has 2 N–H and O–H groups in total. The second-order valence-corrected chi connectivity index (χ2v) is 7.94. The number of aliphatic hydroxyl groups excluding tert-OH is 1. The average Bonchev–Trinajstić information content (AvgIpc) is 2.99. The molecule has 0 bridgehead atoms. The lowest BCUT2D eigenvalue weighted by atomic mass is 10.4. The molecule has 0 aliphatic carbocycles. The fourth-order valence-corrected chi connectivity index (χ4v) is 4.88. The zero-order valence-electron chi connectivity index (χ0n) is 15.3. The number of carbonyl (C=O) groups is 1. The number of halogens is 1. The van der Waals surface area contributed by atoms with E-state index in [2.05, 4.69) is 10.3 Å². The van der Waals surface area contributed by atoms with Crippen LogP contribution in [0.3, 0.4) is 0 Å². The standard InChI is InChI=1S/C13H10ClN3O4S2/c1-17-10(13(19)16-9-4-2-3-5-15-9)11(18)12-7(23(17,20)21)6-8(14)22-12/h2-6,18H,1H3,(H,15,16,19)/i2D,3D,4D,5D,10+1,13+1. The van der Waals surface area contributed by atoms with Gasteiger partial charge in [-0.3, -0.25) is 9.10 Å². The molecule has 2 aromatic rings. The number of likely N-dealkylation sites (N-methyl/N-ethyl adjacent to an activating group) is 1. The molecule has 23 heavy (non-hydrogen) atoms. The summed E-state index contributed by atoms with van der Waals surface area (Å²) >= 11 is 6.60. The number of sulfonamides is 1. The Labute approximate surface area is 146 Å². The van der Waals surface area contributed by atoms with Crippen LogP contribution in [0.15, 0.2) is 41.0 Å². The Kier molecular flexibility index (Phi) is 2.74. The lowest BCUT2D eigenvalue weighted by Gasteiger charge is -2.26. The quantitative estimate of drug-likeness (QED) is 0.782. The maximum atomic E-state index is 12.6. The number of hydrogen-bond acceptors (Lipinski definition) is 6. The molecule has 0 radical (unpaired) electrons. The predicted octanol–water partition coefficient (Wildman–Crippen LogP) is 2.30. The summed E-state index contributed by atoms with van der Waals surface area (Å²) in [7, 11) is -3.08. The molecule has 0 atom stereocenters. The van der Waals surface area contributed by atoms with Crippen LogP contribution in [-0.2, 0) is 14.8 Å². The lowest BCUT2D eigenvalue weighted by molar-refractivity contribution is -0.113. The van der Waals surface area contributed by atoms with E-state index in [1.165, 1.54) is 0 Å². The van der Waals surface area contributed by atoms with Crippen LogP contribution in [-0.4, -0.2) is 35.8 Å². The Morgan fingerprint density at radius 1 is 1.52 bits per heavy atom. The van der Waals surface area contributed by atoms with Gasteiger partial charge in [0.25, 0.3) is 15.9 Å². The zero-order chi connectivity index (χ0) is 20.3. The Hall–Kier alpha value is -2.10. The summed E-state index contributed by atoms with van der Waals surface area (Å²) in [5.41, 5.74) is -0.629. The molecule has 0 aromatic carbocycles. The number of thiophene rings is 1. The number of hydrogen-bond donors (Lipinski definition) is 2. The highest BCUT2D eigenvalue weighted by Gasteiger charge is 2.39. The van der Waals surface area contributed by atoms with Gasteiger partial charge in [0.15, 0.2) is 11.5 Å². The van der Waals surface area contributed by atoms with Crippen LogP contribution in [0.4, 0.5) is 5.82 Å². The molecule has 0 saturated carbocycles. The Balaban J connectivity index is 2.10. The molecule has 120 valence electrons. The van der Waals surface area contributed by atoms with E-state index in [0.29, 0.717) is 4.31 Å². The van der Waals surface area contributed by atoms with E-state index >= 15 is 0 Å². The smallest absolute Gasteiger partial charge is 0.278 e. The minimum Gasteiger partial charge on any atom is -0.504 e. The molecule has 10 heteroatoms. The largest absolute Gasteiger partial charge is 0.504 e. The van der Waals surface area contributed by atoms with Crippen molar-refractivity contribution in [3.05, 3.63) is 45.3 Å². The second-order valence-electron chi connectivity index (χ2n) is 4.31. The monoisotopic (exact) mass is 377 g/mol. The first kappa shape index (κ1) is 11.4. The molecule has 3 heterocycles. The van der Waals surface area contributed by atoms with E-state index in [4.69, 9.17) is 17.1 Å². The number of pyridine rings is 1. The predicted molar refractivity (Wildman–Crippen MR) is 86.7 cm³/mol. The van der Waals surface area contributed by atoms with Crippen molar-refractivity contribution >= 4 is 50.4 Å². The fourth-order valence-electron chi connectivity index (χ4n) is 1.93. The topological polar surface area (TPSA) is 99.6 Å². The number of amides is 1. The highest BCUT2D eigenvalue weighted by Crippen LogP contribution is 2.41. The van der Waals surface area contributed by atoms with Gasteiger partial charge in [0.05, 0.1) is 14.7 Å². The molecule has 1 amide bonds. The van der Waals surface area contributed by atoms with Crippen LogP contribution in [0.5, 0.6) is 0 Å². The zero-order valence-corrected chi connectivity index (χ0v) is 13.7. The van der Waals surface area contributed by atoms with Crippen molar-refractivity contribution in [1.82, 2.24) is 9.29 Å². The molecule has 0 spiro atoms. The highest BCUT2D eigenvalue weighted by atomic mass is 35.5. The van der Waals surface area contributed by atoms with Crippen LogP contribution in [0.2, 0.25) is 4.34 Å². The minimum atomic E-state index is -4.14. The van der Waals surface area contributed by atoms with Crippen LogP contribution in [0.1, 0.15) is 10.4 Å². The van der Waals surface area contributed by atoms with Gasteiger partial charge in [-0.05, 0) is 18.2 Å². The normalized spacial score (nSPS) is 18.6. The molecule has 7 nitrogen and oxygen atoms in total. The van der Waals surface area contributed by atoms with Gasteiger partial charge in [-0.1, -0.05) is 17.6 Å². The van der Waals surface area contributed by atoms with Gasteiger partial charge in [-0.25, -0.2) is 13.4 Å². The molecule has 3 rings (SSSR count). The van der Waals surface area contributed by atoms with E-state index < -0.39 is 57.5 Å². The summed E-state index contributed by atoms with van der Waals surface area (Å²) in [4.78, 5) is 15.8. The number of nitrogens with zero attached hydrogens (tertiary/aromatic N) is 2. The van der Waals surface area contributed by atoms with Crippen molar-refractivity contribution in [2.24, 2.45) is 0 Å². The highest BCUT2D eigenvalue weighted by molar-refractivity contribution is 7.89. The number of fused-ring (bicyclic) bond motifs is 1. The van der Waals surface area contributed by atoms with E-state index in [0.717, 1.165) is 24.5 Å². The summed E-state index contributed by atoms with van der Waals surface area (Å²) in [6, 6.07) is -0.672. The van der Waals surface area contributed by atoms with Crippen LogP contribution in [0, 0.1) is 0 Å². The molecule has 0 unspecified atom stereocenters. The van der Waals surface area contributed by atoms with Crippen LogP contribution < -0.4 is 5.32 Å². The number of aliphatic hydroxyl groups is 1. The third kappa shape index (κ3) is 2.56. The maximum absolute atomic E-state index is 12.6.